The molecular weight excluding hydrogens is 376 g/mol. The van der Waals surface area contributed by atoms with Crippen LogP contribution >= 0.6 is 11.6 Å². The summed E-state index contributed by atoms with van der Waals surface area (Å²) in [5.41, 5.74) is 2.45. The number of rotatable bonds is 8. The van der Waals surface area contributed by atoms with E-state index in [2.05, 4.69) is 22.8 Å². The number of hydrogen-bond acceptors (Lipinski definition) is 3. The van der Waals surface area contributed by atoms with Crippen LogP contribution in [-0.2, 0) is 11.2 Å². The fraction of sp³-hybridized carbons (Fsp3) is 0.0909. The minimum Gasteiger partial charge on any atom is -0.493 e. The quantitative estimate of drug-likeness (QED) is 0.540. The summed E-state index contributed by atoms with van der Waals surface area (Å²) in [6, 6.07) is 21.9. The molecule has 6 heteroatoms. The summed E-state index contributed by atoms with van der Waals surface area (Å²) in [6.07, 6.45) is 1.30. The summed E-state index contributed by atoms with van der Waals surface area (Å²) in [4.78, 5) is 23.3. The summed E-state index contributed by atoms with van der Waals surface area (Å²) in [6.45, 7) is 0.534. The lowest BCUT2D eigenvalue weighted by molar-refractivity contribution is -0.105. The molecular formula is C22H19ClN2O3. The largest absolute Gasteiger partial charge is 0.493 e. The van der Waals surface area contributed by atoms with E-state index in [9.17, 15) is 9.59 Å². The Balaban J connectivity index is 1.64. The van der Waals surface area contributed by atoms with Gasteiger partial charge < -0.3 is 15.4 Å². The van der Waals surface area contributed by atoms with Crippen molar-refractivity contribution in [2.45, 2.75) is 6.42 Å². The molecule has 2 N–H and O–H groups in total. The van der Waals surface area contributed by atoms with E-state index in [-0.39, 0.29) is 5.91 Å². The predicted octanol–water partition coefficient (Wildman–Crippen LogP) is 4.78. The normalized spacial score (nSPS) is 10.2. The molecule has 0 aliphatic heterocycles. The first-order chi connectivity index (χ1) is 13.7. The first-order valence-corrected chi connectivity index (χ1v) is 9.11. The van der Waals surface area contributed by atoms with Crippen molar-refractivity contribution < 1.29 is 14.3 Å². The third-order valence-electron chi connectivity index (χ3n) is 4.03. The maximum atomic E-state index is 12.6. The highest BCUT2D eigenvalue weighted by molar-refractivity contribution is 6.31. The van der Waals surface area contributed by atoms with Gasteiger partial charge in [0, 0.05) is 23.2 Å². The lowest BCUT2D eigenvalue weighted by Gasteiger charge is -2.11. The van der Waals surface area contributed by atoms with Gasteiger partial charge in [0.1, 0.15) is 5.75 Å². The van der Waals surface area contributed by atoms with Crippen molar-refractivity contribution in [3.05, 3.63) is 88.9 Å². The highest BCUT2D eigenvalue weighted by Crippen LogP contribution is 2.23. The monoisotopic (exact) mass is 394 g/mol. The Morgan fingerprint density at radius 3 is 2.61 bits per heavy atom. The molecule has 3 rings (SSSR count). The Kier molecular flexibility index (Phi) is 6.65. The van der Waals surface area contributed by atoms with Gasteiger partial charge in [-0.1, -0.05) is 48.0 Å². The maximum Gasteiger partial charge on any atom is 0.257 e. The number of carbonyl (C=O) groups excluding carboxylic acids is 2. The Morgan fingerprint density at radius 1 is 1.00 bits per heavy atom. The van der Waals surface area contributed by atoms with Crippen LogP contribution in [0.4, 0.5) is 11.4 Å². The lowest BCUT2D eigenvalue weighted by atomic mass is 10.1. The van der Waals surface area contributed by atoms with E-state index in [0.29, 0.717) is 40.7 Å². The fourth-order valence-electron chi connectivity index (χ4n) is 2.69. The number of nitrogens with one attached hydrogen (secondary N) is 2. The van der Waals surface area contributed by atoms with E-state index in [4.69, 9.17) is 16.3 Å². The second-order valence-electron chi connectivity index (χ2n) is 6.02. The summed E-state index contributed by atoms with van der Waals surface area (Å²) in [7, 11) is 0. The van der Waals surface area contributed by atoms with Crippen LogP contribution < -0.4 is 15.4 Å². The molecule has 0 aromatic heterocycles. The van der Waals surface area contributed by atoms with Gasteiger partial charge in [-0.05, 0) is 35.9 Å². The molecule has 0 atom stereocenters. The van der Waals surface area contributed by atoms with Crippen molar-refractivity contribution in [1.82, 2.24) is 0 Å². The van der Waals surface area contributed by atoms with Crippen molar-refractivity contribution in [2.75, 3.05) is 17.2 Å². The van der Waals surface area contributed by atoms with E-state index >= 15 is 0 Å². The van der Waals surface area contributed by atoms with Crippen molar-refractivity contribution in [3.63, 3.8) is 0 Å². The summed E-state index contributed by atoms with van der Waals surface area (Å²) in [5.74, 6) is 0.304. The minimum atomic E-state index is -0.359. The van der Waals surface area contributed by atoms with Gasteiger partial charge in [0.15, 0.2) is 0 Å². The van der Waals surface area contributed by atoms with Crippen LogP contribution in [-0.4, -0.2) is 18.9 Å². The Labute approximate surface area is 168 Å². The first-order valence-electron chi connectivity index (χ1n) is 8.73. The predicted molar refractivity (Wildman–Crippen MR) is 111 cm³/mol. The molecule has 3 aromatic rings. The summed E-state index contributed by atoms with van der Waals surface area (Å²) >= 11 is 5.93. The molecule has 0 radical (unpaired) electrons. The molecule has 0 saturated heterocycles. The van der Waals surface area contributed by atoms with Gasteiger partial charge in [-0.25, -0.2) is 0 Å². The topological polar surface area (TPSA) is 67.4 Å². The molecule has 0 unspecified atom stereocenters. The Hall–Kier alpha value is -3.31. The molecule has 5 nitrogen and oxygen atoms in total. The molecule has 142 valence electrons. The smallest absolute Gasteiger partial charge is 0.257 e. The molecule has 0 spiro atoms. The molecule has 0 fully saturated rings. The molecule has 3 aromatic carbocycles. The van der Waals surface area contributed by atoms with E-state index in [1.165, 1.54) is 11.6 Å². The second-order valence-corrected chi connectivity index (χ2v) is 6.45. The lowest BCUT2D eigenvalue weighted by Crippen LogP contribution is -2.14. The van der Waals surface area contributed by atoms with E-state index in [1.54, 1.807) is 30.3 Å². The number of ether oxygens (including phenoxy) is 1. The van der Waals surface area contributed by atoms with Crippen molar-refractivity contribution in [1.29, 1.82) is 0 Å². The van der Waals surface area contributed by atoms with Crippen molar-refractivity contribution in [3.8, 4) is 5.75 Å². The molecule has 0 aliphatic rings. The van der Waals surface area contributed by atoms with Crippen LogP contribution in [0.1, 0.15) is 15.9 Å². The van der Waals surface area contributed by atoms with Crippen LogP contribution in [0.2, 0.25) is 5.02 Å². The Morgan fingerprint density at radius 2 is 1.82 bits per heavy atom. The molecule has 0 saturated carbocycles. The molecule has 2 amide bonds. The molecule has 28 heavy (non-hydrogen) atoms. The van der Waals surface area contributed by atoms with Gasteiger partial charge >= 0.3 is 0 Å². The van der Waals surface area contributed by atoms with Crippen molar-refractivity contribution >= 4 is 35.3 Å². The third kappa shape index (κ3) is 5.34. The zero-order valence-electron chi connectivity index (χ0n) is 15.0. The van der Waals surface area contributed by atoms with Gasteiger partial charge in [-0.2, -0.15) is 0 Å². The van der Waals surface area contributed by atoms with E-state index in [1.807, 2.05) is 24.3 Å². The number of carbonyl (C=O) groups is 2. The first kappa shape index (κ1) is 19.5. The zero-order valence-corrected chi connectivity index (χ0v) is 15.8. The average molecular weight is 395 g/mol. The third-order valence-corrected chi connectivity index (χ3v) is 4.27. The van der Waals surface area contributed by atoms with Crippen LogP contribution in [0, 0.1) is 0 Å². The molecule has 0 aliphatic carbocycles. The van der Waals surface area contributed by atoms with E-state index in [0.717, 1.165) is 6.42 Å². The van der Waals surface area contributed by atoms with Crippen LogP contribution in [0.15, 0.2) is 72.8 Å². The van der Waals surface area contributed by atoms with Gasteiger partial charge in [0.05, 0.1) is 17.9 Å². The number of benzene rings is 3. The maximum absolute atomic E-state index is 12.6. The van der Waals surface area contributed by atoms with Gasteiger partial charge in [0.25, 0.3) is 5.91 Å². The second kappa shape index (κ2) is 9.58. The average Bonchev–Trinajstić information content (AvgIpc) is 2.69. The minimum absolute atomic E-state index is 0.312. The number of anilines is 2. The number of amides is 2. The fourth-order valence-corrected chi connectivity index (χ4v) is 2.86. The number of halogens is 1. The molecule has 0 heterocycles. The van der Waals surface area contributed by atoms with Gasteiger partial charge in [0.2, 0.25) is 6.41 Å². The highest BCUT2D eigenvalue weighted by Gasteiger charge is 2.12. The van der Waals surface area contributed by atoms with Gasteiger partial charge in [-0.15, -0.1) is 0 Å². The number of hydrogen-bond donors (Lipinski definition) is 2. The Bertz CT molecular complexity index is 961. The highest BCUT2D eigenvalue weighted by atomic mass is 35.5. The van der Waals surface area contributed by atoms with Crippen LogP contribution in [0.25, 0.3) is 0 Å². The van der Waals surface area contributed by atoms with Gasteiger partial charge in [-0.3, -0.25) is 9.59 Å². The zero-order chi connectivity index (χ0) is 19.8. The van der Waals surface area contributed by atoms with Crippen LogP contribution in [0.3, 0.4) is 0 Å². The van der Waals surface area contributed by atoms with Crippen molar-refractivity contribution in [2.24, 2.45) is 0 Å². The van der Waals surface area contributed by atoms with E-state index < -0.39 is 0 Å². The summed E-state index contributed by atoms with van der Waals surface area (Å²) in [5, 5.41) is 5.72. The SMILES string of the molecule is O=CNc1cc(Cl)ccc1C(=O)Nc1cccc(OCCc2ccccc2)c1. The van der Waals surface area contributed by atoms with Crippen LogP contribution in [0.5, 0.6) is 5.75 Å². The summed E-state index contributed by atoms with van der Waals surface area (Å²) < 4.78 is 5.79. The molecule has 0 bridgehead atoms. The standard InChI is InChI=1S/C22H19ClN2O3/c23-17-9-10-20(21(13-17)24-15-26)22(27)25-18-7-4-8-19(14-18)28-12-11-16-5-2-1-3-6-16/h1-10,13-15H,11-12H2,(H,24,26)(H,25,27).